The van der Waals surface area contributed by atoms with Crippen LogP contribution in [0.1, 0.15) is 26.3 Å². The molecule has 0 aromatic heterocycles. The Kier molecular flexibility index (Phi) is 5.62. The van der Waals surface area contributed by atoms with Gasteiger partial charge in [-0.25, -0.2) is 0 Å². The van der Waals surface area contributed by atoms with E-state index in [1.165, 1.54) is 11.8 Å². The SMILES string of the molecule is O=C1C(SCc2ccc(Cl)cc2)=C(N2CCSCC2)C(=O)c2ccccc21. The first-order valence-corrected chi connectivity index (χ1v) is 11.3. The lowest BCUT2D eigenvalue weighted by Crippen LogP contribution is -2.38. The van der Waals surface area contributed by atoms with Crippen molar-refractivity contribution < 1.29 is 9.59 Å². The van der Waals surface area contributed by atoms with Gasteiger partial charge in [0, 0.05) is 46.5 Å². The van der Waals surface area contributed by atoms with E-state index in [1.54, 1.807) is 12.1 Å². The third kappa shape index (κ3) is 3.82. The molecule has 27 heavy (non-hydrogen) atoms. The van der Waals surface area contributed by atoms with E-state index >= 15 is 0 Å². The number of halogens is 1. The zero-order chi connectivity index (χ0) is 18.8. The molecule has 0 bridgehead atoms. The lowest BCUT2D eigenvalue weighted by molar-refractivity contribution is 0.0950. The number of ketones is 2. The van der Waals surface area contributed by atoms with E-state index in [0.717, 1.165) is 30.2 Å². The second kappa shape index (κ2) is 8.13. The van der Waals surface area contributed by atoms with Gasteiger partial charge in [-0.2, -0.15) is 11.8 Å². The van der Waals surface area contributed by atoms with Crippen LogP contribution in [-0.4, -0.2) is 41.1 Å². The molecule has 0 radical (unpaired) electrons. The van der Waals surface area contributed by atoms with E-state index in [-0.39, 0.29) is 11.6 Å². The van der Waals surface area contributed by atoms with Gasteiger partial charge in [-0.1, -0.05) is 48.0 Å². The number of hydrogen-bond donors (Lipinski definition) is 0. The van der Waals surface area contributed by atoms with Crippen LogP contribution in [0, 0.1) is 0 Å². The molecule has 1 aliphatic carbocycles. The van der Waals surface area contributed by atoms with Crippen molar-refractivity contribution in [1.82, 2.24) is 4.90 Å². The molecule has 0 saturated carbocycles. The van der Waals surface area contributed by atoms with Gasteiger partial charge in [0.1, 0.15) is 5.70 Å². The Morgan fingerprint density at radius 3 is 2.22 bits per heavy atom. The van der Waals surface area contributed by atoms with Gasteiger partial charge in [0.25, 0.3) is 0 Å². The number of hydrogen-bond acceptors (Lipinski definition) is 5. The fourth-order valence-electron chi connectivity index (χ4n) is 3.28. The molecule has 4 rings (SSSR count). The van der Waals surface area contributed by atoms with E-state index in [2.05, 4.69) is 4.90 Å². The van der Waals surface area contributed by atoms with Crippen LogP contribution < -0.4 is 0 Å². The van der Waals surface area contributed by atoms with Crippen LogP contribution in [0.3, 0.4) is 0 Å². The molecule has 0 spiro atoms. The summed E-state index contributed by atoms with van der Waals surface area (Å²) in [7, 11) is 0. The Morgan fingerprint density at radius 1 is 0.926 bits per heavy atom. The Labute approximate surface area is 172 Å². The molecule has 0 unspecified atom stereocenters. The summed E-state index contributed by atoms with van der Waals surface area (Å²) in [6, 6.07) is 14.7. The molecule has 3 nitrogen and oxygen atoms in total. The number of thioether (sulfide) groups is 2. The van der Waals surface area contributed by atoms with Crippen molar-refractivity contribution in [3.05, 3.63) is 80.8 Å². The number of nitrogens with zero attached hydrogens (tertiary/aromatic N) is 1. The first-order valence-electron chi connectivity index (χ1n) is 8.78. The summed E-state index contributed by atoms with van der Waals surface area (Å²) < 4.78 is 0. The smallest absolute Gasteiger partial charge is 0.211 e. The Hall–Kier alpha value is -1.69. The number of carbonyl (C=O) groups excluding carboxylic acids is 2. The lowest BCUT2D eigenvalue weighted by atomic mass is 9.92. The number of carbonyl (C=O) groups is 2. The van der Waals surface area contributed by atoms with Gasteiger partial charge in [-0.3, -0.25) is 9.59 Å². The van der Waals surface area contributed by atoms with Crippen molar-refractivity contribution in [3.8, 4) is 0 Å². The van der Waals surface area contributed by atoms with E-state index in [4.69, 9.17) is 11.6 Å². The summed E-state index contributed by atoms with van der Waals surface area (Å²) in [5.74, 6) is 2.50. The summed E-state index contributed by atoms with van der Waals surface area (Å²) in [6.07, 6.45) is 0. The van der Waals surface area contributed by atoms with Crippen molar-refractivity contribution in [2.24, 2.45) is 0 Å². The van der Waals surface area contributed by atoms with Gasteiger partial charge in [-0.05, 0) is 17.7 Å². The Balaban J connectivity index is 1.70. The highest BCUT2D eigenvalue weighted by molar-refractivity contribution is 8.03. The fraction of sp³-hybridized carbons (Fsp3) is 0.238. The average Bonchev–Trinajstić information content (AvgIpc) is 2.71. The van der Waals surface area contributed by atoms with Crippen LogP contribution in [-0.2, 0) is 5.75 Å². The van der Waals surface area contributed by atoms with Crippen LogP contribution >= 0.6 is 35.1 Å². The number of Topliss-reactive ketones (excluding diaryl/α,β-unsaturated/α-hetero) is 2. The number of rotatable bonds is 4. The molecule has 1 fully saturated rings. The molecule has 0 amide bonds. The summed E-state index contributed by atoms with van der Waals surface area (Å²) in [6.45, 7) is 1.60. The molecule has 138 valence electrons. The van der Waals surface area contributed by atoms with Crippen LogP contribution in [0.4, 0.5) is 0 Å². The third-order valence-electron chi connectivity index (χ3n) is 4.68. The van der Waals surface area contributed by atoms with Gasteiger partial charge < -0.3 is 4.90 Å². The average molecular weight is 416 g/mol. The molecule has 0 N–H and O–H groups in total. The standard InChI is InChI=1S/C21H18ClNO2S2/c22-15-7-5-14(6-8-15)13-27-21-18(23-9-11-26-12-10-23)19(24)16-3-1-2-4-17(16)20(21)25/h1-8H,9-13H2. The van der Waals surface area contributed by atoms with E-state index < -0.39 is 0 Å². The third-order valence-corrected chi connectivity index (χ3v) is 7.02. The normalized spacial score (nSPS) is 17.3. The molecule has 2 aromatic carbocycles. The van der Waals surface area contributed by atoms with Crippen molar-refractivity contribution in [2.75, 3.05) is 24.6 Å². The van der Waals surface area contributed by atoms with E-state index in [1.807, 2.05) is 48.2 Å². The topological polar surface area (TPSA) is 37.4 Å². The molecule has 1 aliphatic heterocycles. The van der Waals surface area contributed by atoms with Crippen molar-refractivity contribution in [2.45, 2.75) is 5.75 Å². The molecule has 0 atom stereocenters. The zero-order valence-electron chi connectivity index (χ0n) is 14.6. The van der Waals surface area contributed by atoms with Crippen LogP contribution in [0.2, 0.25) is 5.02 Å². The summed E-state index contributed by atoms with van der Waals surface area (Å²) in [5, 5.41) is 0.687. The first-order chi connectivity index (χ1) is 13.1. The maximum Gasteiger partial charge on any atom is 0.211 e. The molecule has 1 saturated heterocycles. The van der Waals surface area contributed by atoms with Gasteiger partial charge in [-0.15, -0.1) is 11.8 Å². The summed E-state index contributed by atoms with van der Waals surface area (Å²) in [4.78, 5) is 29.1. The van der Waals surface area contributed by atoms with Crippen LogP contribution in [0.15, 0.2) is 59.1 Å². The second-order valence-electron chi connectivity index (χ2n) is 6.40. The van der Waals surface area contributed by atoms with Crippen molar-refractivity contribution in [1.29, 1.82) is 0 Å². The maximum atomic E-state index is 13.2. The van der Waals surface area contributed by atoms with Gasteiger partial charge in [0.05, 0.1) is 4.91 Å². The largest absolute Gasteiger partial charge is 0.366 e. The molecule has 2 aromatic rings. The monoisotopic (exact) mass is 415 g/mol. The molecule has 6 heteroatoms. The fourth-order valence-corrected chi connectivity index (χ4v) is 5.42. The van der Waals surface area contributed by atoms with Gasteiger partial charge in [0.2, 0.25) is 11.6 Å². The van der Waals surface area contributed by atoms with Gasteiger partial charge in [0.15, 0.2) is 0 Å². The minimum absolute atomic E-state index is 0.0318. The molecular weight excluding hydrogens is 398 g/mol. The Morgan fingerprint density at radius 2 is 1.56 bits per heavy atom. The predicted molar refractivity (Wildman–Crippen MR) is 114 cm³/mol. The zero-order valence-corrected chi connectivity index (χ0v) is 17.0. The van der Waals surface area contributed by atoms with Gasteiger partial charge >= 0.3 is 0 Å². The number of allylic oxidation sites excluding steroid dienone is 2. The number of fused-ring (bicyclic) bond motifs is 1. The Bertz CT molecular complexity index is 918. The van der Waals surface area contributed by atoms with E-state index in [9.17, 15) is 9.59 Å². The highest BCUT2D eigenvalue weighted by Crippen LogP contribution is 2.36. The number of benzene rings is 2. The highest BCUT2D eigenvalue weighted by atomic mass is 35.5. The quantitative estimate of drug-likeness (QED) is 0.709. The summed E-state index contributed by atoms with van der Waals surface area (Å²) >= 11 is 9.29. The minimum atomic E-state index is -0.0441. The molecule has 1 heterocycles. The first kappa shape index (κ1) is 18.7. The van der Waals surface area contributed by atoms with Crippen LogP contribution in [0.25, 0.3) is 0 Å². The maximum absolute atomic E-state index is 13.2. The lowest BCUT2D eigenvalue weighted by Gasteiger charge is -2.33. The summed E-state index contributed by atoms with van der Waals surface area (Å²) in [5.41, 5.74) is 2.69. The minimum Gasteiger partial charge on any atom is -0.366 e. The van der Waals surface area contributed by atoms with Crippen molar-refractivity contribution in [3.63, 3.8) is 0 Å². The van der Waals surface area contributed by atoms with Crippen LogP contribution in [0.5, 0.6) is 0 Å². The molecular formula is C21H18ClNO2S2. The predicted octanol–water partition coefficient (Wildman–Crippen LogP) is 4.91. The second-order valence-corrected chi connectivity index (χ2v) is 9.04. The molecule has 2 aliphatic rings. The highest BCUT2D eigenvalue weighted by Gasteiger charge is 2.35. The van der Waals surface area contributed by atoms with E-state index in [0.29, 0.717) is 32.5 Å². The van der Waals surface area contributed by atoms with Crippen molar-refractivity contribution >= 4 is 46.7 Å².